The van der Waals surface area contributed by atoms with E-state index >= 15 is 0 Å². The Bertz CT molecular complexity index is 181. The van der Waals surface area contributed by atoms with Gasteiger partial charge in [0.1, 0.15) is 0 Å². The Morgan fingerprint density at radius 3 is 2.07 bits per heavy atom. The van der Waals surface area contributed by atoms with Crippen molar-refractivity contribution in [1.29, 1.82) is 5.26 Å². The van der Waals surface area contributed by atoms with Crippen molar-refractivity contribution in [2.75, 3.05) is 21.3 Å². The van der Waals surface area contributed by atoms with Gasteiger partial charge in [-0.05, 0) is 19.8 Å². The van der Waals surface area contributed by atoms with E-state index in [2.05, 4.69) is 6.07 Å². The molecule has 0 amide bonds. The lowest BCUT2D eigenvalue weighted by Crippen LogP contribution is -2.42. The predicted molar refractivity (Wildman–Crippen MR) is 55.6 cm³/mol. The molecule has 1 unspecified atom stereocenters. The van der Waals surface area contributed by atoms with Gasteiger partial charge in [-0.1, -0.05) is 0 Å². The monoisotopic (exact) mass is 217 g/mol. The molecular formula is C9H19NO3Si. The average Bonchev–Trinajstić information content (AvgIpc) is 2.25. The van der Waals surface area contributed by atoms with Crippen molar-refractivity contribution in [2.45, 2.75) is 25.8 Å². The molecule has 0 aliphatic heterocycles. The van der Waals surface area contributed by atoms with Crippen LogP contribution in [0.15, 0.2) is 0 Å². The Morgan fingerprint density at radius 1 is 1.21 bits per heavy atom. The number of rotatable bonds is 7. The SMILES string of the molecule is CO[Si](CCCC(C)C#N)(OC)OC. The molecule has 0 aromatic heterocycles. The van der Waals surface area contributed by atoms with E-state index in [1.165, 1.54) is 0 Å². The third-order valence-electron chi connectivity index (χ3n) is 2.27. The zero-order chi connectivity index (χ0) is 11.0. The topological polar surface area (TPSA) is 51.5 Å². The summed E-state index contributed by atoms with van der Waals surface area (Å²) in [4.78, 5) is 0. The number of hydrogen-bond acceptors (Lipinski definition) is 4. The van der Waals surface area contributed by atoms with Crippen molar-refractivity contribution in [3.8, 4) is 6.07 Å². The lowest BCUT2D eigenvalue weighted by atomic mass is 10.1. The lowest BCUT2D eigenvalue weighted by molar-refractivity contribution is 0.122. The normalized spacial score (nSPS) is 13.6. The highest BCUT2D eigenvalue weighted by Gasteiger charge is 2.36. The maximum absolute atomic E-state index is 8.60. The molecule has 4 nitrogen and oxygen atoms in total. The molecule has 0 saturated heterocycles. The predicted octanol–water partition coefficient (Wildman–Crippen LogP) is 1.80. The Kier molecular flexibility index (Phi) is 6.75. The third kappa shape index (κ3) is 4.20. The van der Waals surface area contributed by atoms with Gasteiger partial charge in [-0.2, -0.15) is 5.26 Å². The molecule has 14 heavy (non-hydrogen) atoms. The fourth-order valence-electron chi connectivity index (χ4n) is 1.25. The summed E-state index contributed by atoms with van der Waals surface area (Å²) in [6.07, 6.45) is 1.76. The van der Waals surface area contributed by atoms with Crippen LogP contribution in [0, 0.1) is 17.2 Å². The molecule has 0 heterocycles. The van der Waals surface area contributed by atoms with Crippen LogP contribution < -0.4 is 0 Å². The van der Waals surface area contributed by atoms with E-state index in [1.54, 1.807) is 21.3 Å². The highest BCUT2D eigenvalue weighted by atomic mass is 28.4. The standard InChI is InChI=1S/C9H19NO3Si/c1-9(8-10)6-5-7-14(11-2,12-3)13-4/h9H,5-7H2,1-4H3. The van der Waals surface area contributed by atoms with Crippen molar-refractivity contribution in [2.24, 2.45) is 5.92 Å². The molecule has 5 heteroatoms. The Morgan fingerprint density at radius 2 is 1.71 bits per heavy atom. The zero-order valence-corrected chi connectivity index (χ0v) is 10.4. The molecule has 0 N–H and O–H groups in total. The van der Waals surface area contributed by atoms with Gasteiger partial charge in [0.05, 0.1) is 6.07 Å². The summed E-state index contributed by atoms with van der Waals surface area (Å²) >= 11 is 0. The van der Waals surface area contributed by atoms with Gasteiger partial charge in [-0.3, -0.25) is 0 Å². The number of hydrogen-bond donors (Lipinski definition) is 0. The molecule has 0 saturated carbocycles. The number of nitriles is 1. The van der Waals surface area contributed by atoms with E-state index in [1.807, 2.05) is 6.92 Å². The van der Waals surface area contributed by atoms with Crippen LogP contribution in [0.5, 0.6) is 0 Å². The van der Waals surface area contributed by atoms with Crippen LogP contribution in [0.1, 0.15) is 19.8 Å². The van der Waals surface area contributed by atoms with Crippen molar-refractivity contribution in [3.63, 3.8) is 0 Å². The van der Waals surface area contributed by atoms with E-state index in [-0.39, 0.29) is 5.92 Å². The molecule has 82 valence electrons. The minimum Gasteiger partial charge on any atom is -0.377 e. The highest BCUT2D eigenvalue weighted by molar-refractivity contribution is 6.60. The van der Waals surface area contributed by atoms with E-state index < -0.39 is 8.80 Å². The Labute approximate surface area is 87.1 Å². The summed E-state index contributed by atoms with van der Waals surface area (Å²) in [6.45, 7) is 1.91. The third-order valence-corrected chi connectivity index (χ3v) is 5.11. The summed E-state index contributed by atoms with van der Waals surface area (Å²) in [6, 6.07) is 2.96. The van der Waals surface area contributed by atoms with E-state index in [4.69, 9.17) is 18.5 Å². The first-order valence-corrected chi connectivity index (χ1v) is 6.62. The fraction of sp³-hybridized carbons (Fsp3) is 0.889. The Balaban J connectivity index is 3.89. The van der Waals surface area contributed by atoms with Gasteiger partial charge in [0.25, 0.3) is 0 Å². The Hall–Kier alpha value is -0.413. The summed E-state index contributed by atoms with van der Waals surface area (Å²) in [7, 11) is 2.41. The first-order valence-electron chi connectivity index (χ1n) is 4.69. The van der Waals surface area contributed by atoms with Crippen LogP contribution in [0.3, 0.4) is 0 Å². The van der Waals surface area contributed by atoms with Gasteiger partial charge in [-0.25, -0.2) is 0 Å². The molecule has 0 bridgehead atoms. The van der Waals surface area contributed by atoms with Crippen molar-refractivity contribution >= 4 is 8.80 Å². The fourth-order valence-corrected chi connectivity index (χ4v) is 2.99. The molecule has 0 aromatic carbocycles. The molecule has 0 aromatic rings. The van der Waals surface area contributed by atoms with Crippen molar-refractivity contribution in [1.82, 2.24) is 0 Å². The van der Waals surface area contributed by atoms with Crippen molar-refractivity contribution in [3.05, 3.63) is 0 Å². The molecule has 0 aliphatic carbocycles. The molecule has 0 fully saturated rings. The van der Waals surface area contributed by atoms with E-state index in [0.717, 1.165) is 18.9 Å². The van der Waals surface area contributed by atoms with E-state index in [9.17, 15) is 0 Å². The first-order chi connectivity index (χ1) is 6.64. The molecular weight excluding hydrogens is 198 g/mol. The zero-order valence-electron chi connectivity index (χ0n) is 9.37. The summed E-state index contributed by atoms with van der Waals surface area (Å²) in [5.41, 5.74) is 0. The van der Waals surface area contributed by atoms with Crippen molar-refractivity contribution < 1.29 is 13.3 Å². The summed E-state index contributed by atoms with van der Waals surface area (Å²) in [5, 5.41) is 8.60. The quantitative estimate of drug-likeness (QED) is 0.610. The smallest absolute Gasteiger partial charge is 0.377 e. The van der Waals surface area contributed by atoms with Crippen LogP contribution in [-0.2, 0) is 13.3 Å². The maximum Gasteiger partial charge on any atom is 0.500 e. The van der Waals surface area contributed by atoms with Crippen LogP contribution in [0.2, 0.25) is 6.04 Å². The summed E-state index contributed by atoms with van der Waals surface area (Å²) in [5.74, 6) is 0.0901. The van der Waals surface area contributed by atoms with Gasteiger partial charge >= 0.3 is 8.80 Å². The minimum absolute atomic E-state index is 0.0901. The lowest BCUT2D eigenvalue weighted by Gasteiger charge is -2.24. The van der Waals surface area contributed by atoms with Gasteiger partial charge in [-0.15, -0.1) is 0 Å². The second-order valence-electron chi connectivity index (χ2n) is 3.22. The molecule has 0 radical (unpaired) electrons. The maximum atomic E-state index is 8.60. The molecule has 0 aliphatic rings. The molecule has 0 spiro atoms. The van der Waals surface area contributed by atoms with Gasteiger partial charge in [0, 0.05) is 33.3 Å². The van der Waals surface area contributed by atoms with Gasteiger partial charge in [0.2, 0.25) is 0 Å². The highest BCUT2D eigenvalue weighted by Crippen LogP contribution is 2.18. The summed E-state index contributed by atoms with van der Waals surface area (Å²) < 4.78 is 15.8. The van der Waals surface area contributed by atoms with Crippen LogP contribution in [0.25, 0.3) is 0 Å². The van der Waals surface area contributed by atoms with Gasteiger partial charge in [0.15, 0.2) is 0 Å². The molecule has 1 atom stereocenters. The van der Waals surface area contributed by atoms with Crippen LogP contribution >= 0.6 is 0 Å². The second-order valence-corrected chi connectivity index (χ2v) is 6.31. The second kappa shape index (κ2) is 6.96. The largest absolute Gasteiger partial charge is 0.500 e. The first kappa shape index (κ1) is 13.6. The van der Waals surface area contributed by atoms with E-state index in [0.29, 0.717) is 0 Å². The van der Waals surface area contributed by atoms with Gasteiger partial charge < -0.3 is 13.3 Å². The van der Waals surface area contributed by atoms with Crippen LogP contribution in [-0.4, -0.2) is 30.1 Å². The molecule has 0 rings (SSSR count). The van der Waals surface area contributed by atoms with Crippen LogP contribution in [0.4, 0.5) is 0 Å². The average molecular weight is 217 g/mol. The number of nitrogens with zero attached hydrogens (tertiary/aromatic N) is 1. The minimum atomic E-state index is -2.41.